The van der Waals surface area contributed by atoms with Crippen LogP contribution in [0.25, 0.3) is 0 Å². The first-order valence-electron chi connectivity index (χ1n) is 4.28. The van der Waals surface area contributed by atoms with E-state index in [0.29, 0.717) is 0 Å². The van der Waals surface area contributed by atoms with Crippen LogP contribution in [0.1, 0.15) is 32.6 Å². The van der Waals surface area contributed by atoms with Crippen LogP contribution < -0.4 is 5.73 Å². The van der Waals surface area contributed by atoms with Crippen molar-refractivity contribution in [1.82, 2.24) is 0 Å². The topological polar surface area (TPSA) is 63.3 Å². The molecule has 0 aromatic rings. The smallest absolute Gasteiger partial charge is 0.320 e. The Morgan fingerprint density at radius 2 is 1.75 bits per heavy atom. The lowest BCUT2D eigenvalue weighted by atomic mass is 10.1. The van der Waals surface area contributed by atoms with Crippen molar-refractivity contribution in [2.75, 3.05) is 0 Å². The highest BCUT2D eigenvalue weighted by Crippen LogP contribution is 2.07. The van der Waals surface area contributed by atoms with Crippen LogP contribution in [0.5, 0.6) is 0 Å². The molecule has 0 radical (unpaired) electrons. The summed E-state index contributed by atoms with van der Waals surface area (Å²) in [6.07, 6.45) is 10.0. The van der Waals surface area contributed by atoms with Gasteiger partial charge in [0.2, 0.25) is 0 Å². The molecule has 0 aliphatic heterocycles. The van der Waals surface area contributed by atoms with Gasteiger partial charge in [-0.25, -0.2) is 0 Å². The van der Waals surface area contributed by atoms with Crippen LogP contribution in [-0.2, 0) is 4.79 Å². The van der Waals surface area contributed by atoms with Crippen molar-refractivity contribution < 1.29 is 9.90 Å². The standard InChI is InChI=1S/C6H10.C3H7NO2/c1-2-4-6-5-3-1;1-2(4)3(5)6/h1-2H,3-6H2;2H,4H2,1H3,(H,5,6)/t;2-/m.0/s1. The van der Waals surface area contributed by atoms with E-state index in [1.807, 2.05) is 0 Å². The molecule has 0 aromatic heterocycles. The van der Waals surface area contributed by atoms with Crippen molar-refractivity contribution in [1.29, 1.82) is 0 Å². The van der Waals surface area contributed by atoms with Crippen molar-refractivity contribution in [2.24, 2.45) is 5.73 Å². The van der Waals surface area contributed by atoms with Gasteiger partial charge >= 0.3 is 5.97 Å². The zero-order valence-electron chi connectivity index (χ0n) is 7.49. The first-order valence-corrected chi connectivity index (χ1v) is 4.28. The molecule has 0 unspecified atom stereocenters. The average molecular weight is 171 g/mol. The Bertz CT molecular complexity index is 145. The van der Waals surface area contributed by atoms with E-state index >= 15 is 0 Å². The van der Waals surface area contributed by atoms with E-state index in [0.717, 1.165) is 0 Å². The minimum absolute atomic E-state index is 0.731. The average Bonchev–Trinajstić information content (AvgIpc) is 2.08. The zero-order valence-corrected chi connectivity index (χ0v) is 7.49. The maximum atomic E-state index is 9.57. The molecule has 0 saturated heterocycles. The van der Waals surface area contributed by atoms with Crippen LogP contribution >= 0.6 is 0 Å². The number of hydrogen-bond donors (Lipinski definition) is 2. The van der Waals surface area contributed by atoms with Gasteiger partial charge in [-0.1, -0.05) is 12.2 Å². The van der Waals surface area contributed by atoms with Gasteiger partial charge in [-0.15, -0.1) is 0 Å². The molecule has 1 rings (SSSR count). The zero-order chi connectivity index (χ0) is 9.40. The Kier molecular flexibility index (Phi) is 6.38. The summed E-state index contributed by atoms with van der Waals surface area (Å²) in [4.78, 5) is 9.57. The fourth-order valence-corrected chi connectivity index (χ4v) is 0.760. The normalized spacial score (nSPS) is 17.5. The second-order valence-electron chi connectivity index (χ2n) is 2.88. The third kappa shape index (κ3) is 7.28. The van der Waals surface area contributed by atoms with E-state index in [-0.39, 0.29) is 0 Å². The molecule has 0 aromatic carbocycles. The van der Waals surface area contributed by atoms with E-state index in [4.69, 9.17) is 10.8 Å². The molecular formula is C9H17NO2. The van der Waals surface area contributed by atoms with Crippen LogP contribution in [0, 0.1) is 0 Å². The highest BCUT2D eigenvalue weighted by atomic mass is 16.4. The molecule has 3 nitrogen and oxygen atoms in total. The SMILES string of the molecule is C1=CCCCC1.C[C@H](N)C(=O)O. The third-order valence-electron chi connectivity index (χ3n) is 1.55. The number of rotatable bonds is 1. The summed E-state index contributed by atoms with van der Waals surface area (Å²) in [6.45, 7) is 1.42. The van der Waals surface area contributed by atoms with Crippen molar-refractivity contribution in [2.45, 2.75) is 38.6 Å². The predicted molar refractivity (Wildman–Crippen MR) is 48.9 cm³/mol. The molecule has 3 N–H and O–H groups in total. The summed E-state index contributed by atoms with van der Waals surface area (Å²) in [6, 6.07) is -0.731. The molecule has 70 valence electrons. The van der Waals surface area contributed by atoms with Crippen molar-refractivity contribution in [3.8, 4) is 0 Å². The van der Waals surface area contributed by atoms with Gasteiger partial charge in [0.05, 0.1) is 0 Å². The highest BCUT2D eigenvalue weighted by Gasteiger charge is 1.99. The molecule has 0 bridgehead atoms. The molecule has 0 fully saturated rings. The minimum atomic E-state index is -0.963. The van der Waals surface area contributed by atoms with Gasteiger partial charge < -0.3 is 10.8 Å². The number of carboxylic acid groups (broad SMARTS) is 1. The summed E-state index contributed by atoms with van der Waals surface area (Å²) >= 11 is 0. The fourth-order valence-electron chi connectivity index (χ4n) is 0.760. The summed E-state index contributed by atoms with van der Waals surface area (Å²) in [5.74, 6) is -0.963. The summed E-state index contributed by atoms with van der Waals surface area (Å²) in [7, 11) is 0. The lowest BCUT2D eigenvalue weighted by molar-refractivity contribution is -0.138. The predicted octanol–water partition coefficient (Wildman–Crippen LogP) is 1.53. The van der Waals surface area contributed by atoms with Crippen LogP contribution in [0.3, 0.4) is 0 Å². The molecule has 1 aliphatic carbocycles. The van der Waals surface area contributed by atoms with Gasteiger partial charge in [-0.3, -0.25) is 4.79 Å². The second-order valence-corrected chi connectivity index (χ2v) is 2.88. The lowest BCUT2D eigenvalue weighted by Crippen LogP contribution is -2.25. The van der Waals surface area contributed by atoms with Crippen molar-refractivity contribution in [3.05, 3.63) is 12.2 Å². The molecule has 12 heavy (non-hydrogen) atoms. The monoisotopic (exact) mass is 171 g/mol. The Morgan fingerprint density at radius 1 is 1.42 bits per heavy atom. The molecule has 1 aliphatic rings. The largest absolute Gasteiger partial charge is 0.480 e. The van der Waals surface area contributed by atoms with E-state index in [2.05, 4.69) is 12.2 Å². The number of allylic oxidation sites excluding steroid dienone is 2. The van der Waals surface area contributed by atoms with Gasteiger partial charge in [-0.2, -0.15) is 0 Å². The van der Waals surface area contributed by atoms with E-state index in [1.165, 1.54) is 32.6 Å². The van der Waals surface area contributed by atoms with Gasteiger partial charge in [0, 0.05) is 0 Å². The van der Waals surface area contributed by atoms with Crippen molar-refractivity contribution in [3.63, 3.8) is 0 Å². The molecular weight excluding hydrogens is 154 g/mol. The number of carbonyl (C=O) groups is 1. The summed E-state index contributed by atoms with van der Waals surface area (Å²) < 4.78 is 0. The number of hydrogen-bond acceptors (Lipinski definition) is 2. The van der Waals surface area contributed by atoms with Gasteiger partial charge in [0.25, 0.3) is 0 Å². The van der Waals surface area contributed by atoms with Crippen molar-refractivity contribution >= 4 is 5.97 Å². The number of nitrogens with two attached hydrogens (primary N) is 1. The summed E-state index contributed by atoms with van der Waals surface area (Å²) in [5, 5.41) is 7.87. The fraction of sp³-hybridized carbons (Fsp3) is 0.667. The van der Waals surface area contributed by atoms with E-state index in [1.54, 1.807) is 0 Å². The quantitative estimate of drug-likeness (QED) is 0.588. The first kappa shape index (κ1) is 11.2. The molecule has 0 amide bonds. The maximum absolute atomic E-state index is 9.57. The summed E-state index contributed by atoms with van der Waals surface area (Å²) in [5.41, 5.74) is 4.84. The molecule has 1 atom stereocenters. The lowest BCUT2D eigenvalue weighted by Gasteiger charge is -1.97. The maximum Gasteiger partial charge on any atom is 0.320 e. The van der Waals surface area contributed by atoms with Gasteiger partial charge in [-0.05, 0) is 32.6 Å². The molecule has 3 heteroatoms. The molecule has 0 heterocycles. The first-order chi connectivity index (χ1) is 5.64. The third-order valence-corrected chi connectivity index (χ3v) is 1.55. The van der Waals surface area contributed by atoms with Crippen LogP contribution in [0.2, 0.25) is 0 Å². The van der Waals surface area contributed by atoms with Crippen LogP contribution in [0.4, 0.5) is 0 Å². The Hall–Kier alpha value is -0.830. The Balaban J connectivity index is 0.000000202. The van der Waals surface area contributed by atoms with Gasteiger partial charge in [0.15, 0.2) is 0 Å². The van der Waals surface area contributed by atoms with Crippen LogP contribution in [-0.4, -0.2) is 17.1 Å². The molecule has 0 saturated carbocycles. The number of aliphatic carboxylic acids is 1. The second kappa shape index (κ2) is 6.85. The highest BCUT2D eigenvalue weighted by molar-refractivity contribution is 5.72. The van der Waals surface area contributed by atoms with Crippen LogP contribution in [0.15, 0.2) is 12.2 Å². The number of carboxylic acids is 1. The van der Waals surface area contributed by atoms with E-state index in [9.17, 15) is 4.79 Å². The minimum Gasteiger partial charge on any atom is -0.480 e. The van der Waals surface area contributed by atoms with E-state index < -0.39 is 12.0 Å². The molecule has 0 spiro atoms. The Morgan fingerprint density at radius 3 is 1.83 bits per heavy atom. The van der Waals surface area contributed by atoms with Gasteiger partial charge in [0.1, 0.15) is 6.04 Å². The Labute approximate surface area is 73.3 Å².